The number of rotatable bonds is 5. The molecule has 1 saturated carbocycles. The Balaban J connectivity index is 1.88. The van der Waals surface area contributed by atoms with Crippen LogP contribution in [0.25, 0.3) is 0 Å². The van der Waals surface area contributed by atoms with E-state index in [0.717, 1.165) is 36.4 Å². The van der Waals surface area contributed by atoms with Gasteiger partial charge in [-0.2, -0.15) is 13.2 Å². The van der Waals surface area contributed by atoms with Gasteiger partial charge in [0.15, 0.2) is 0 Å². The van der Waals surface area contributed by atoms with Crippen LogP contribution in [-0.4, -0.2) is 42.5 Å². The van der Waals surface area contributed by atoms with E-state index in [1.807, 2.05) is 13.0 Å². The number of nitrogens with zero attached hydrogens (tertiary/aromatic N) is 2. The molecule has 6 nitrogen and oxygen atoms in total. The molecule has 10 heteroatoms. The maximum atomic E-state index is 13.1. The van der Waals surface area contributed by atoms with Gasteiger partial charge in [0.05, 0.1) is 17.4 Å². The number of aromatic nitrogens is 1. The summed E-state index contributed by atoms with van der Waals surface area (Å²) >= 11 is 0. The van der Waals surface area contributed by atoms with Gasteiger partial charge in [-0.05, 0) is 56.9 Å². The second-order valence-electron chi connectivity index (χ2n) is 10.4. The molecule has 3 rings (SSSR count). The monoisotopic (exact) mass is 513 g/mol. The zero-order chi connectivity index (χ0) is 26.3. The van der Waals surface area contributed by atoms with E-state index in [0.29, 0.717) is 18.4 Å². The highest BCUT2D eigenvalue weighted by molar-refractivity contribution is 7.88. The molecule has 194 valence electrons. The van der Waals surface area contributed by atoms with Gasteiger partial charge in [-0.25, -0.2) is 12.7 Å². The van der Waals surface area contributed by atoms with Gasteiger partial charge in [0.2, 0.25) is 10.0 Å². The molecule has 0 spiro atoms. The summed E-state index contributed by atoms with van der Waals surface area (Å²) in [6.45, 7) is 8.01. The second-order valence-corrected chi connectivity index (χ2v) is 12.5. The third-order valence-corrected chi connectivity index (χ3v) is 8.17. The van der Waals surface area contributed by atoms with Crippen LogP contribution in [0.2, 0.25) is 0 Å². The molecule has 1 aliphatic carbocycles. The van der Waals surface area contributed by atoms with E-state index < -0.39 is 27.7 Å². The number of nitrogens with one attached hydrogen (secondary N) is 1. The first kappa shape index (κ1) is 27.3. The van der Waals surface area contributed by atoms with Crippen molar-refractivity contribution < 1.29 is 26.4 Å². The summed E-state index contributed by atoms with van der Waals surface area (Å²) < 4.78 is 66.7. The van der Waals surface area contributed by atoms with Gasteiger partial charge in [0.25, 0.3) is 5.91 Å². The van der Waals surface area contributed by atoms with Crippen LogP contribution in [-0.2, 0) is 21.6 Å². The predicted octanol–water partition coefficient (Wildman–Crippen LogP) is 5.74. The Hall–Kier alpha value is -2.33. The minimum Gasteiger partial charge on any atom is -0.345 e. The molecule has 0 unspecified atom stereocenters. The molecule has 1 fully saturated rings. The van der Waals surface area contributed by atoms with Gasteiger partial charge < -0.3 is 9.88 Å². The first-order valence-electron chi connectivity index (χ1n) is 11.6. The number of sulfonamides is 1. The van der Waals surface area contributed by atoms with Gasteiger partial charge >= 0.3 is 6.18 Å². The van der Waals surface area contributed by atoms with Crippen LogP contribution in [0.15, 0.2) is 30.3 Å². The topological polar surface area (TPSA) is 71.4 Å². The Kier molecular flexibility index (Phi) is 7.49. The lowest BCUT2D eigenvalue weighted by atomic mass is 9.88. The zero-order valence-corrected chi connectivity index (χ0v) is 21.8. The minimum absolute atomic E-state index is 0.0566. The Bertz CT molecular complexity index is 1190. The molecule has 2 aromatic rings. The molecule has 35 heavy (non-hydrogen) atoms. The van der Waals surface area contributed by atoms with Crippen LogP contribution in [0.4, 0.5) is 18.9 Å². The highest BCUT2D eigenvalue weighted by Gasteiger charge is 2.34. The van der Waals surface area contributed by atoms with E-state index >= 15 is 0 Å². The largest absolute Gasteiger partial charge is 0.416 e. The third kappa shape index (κ3) is 6.09. The average Bonchev–Trinajstić information content (AvgIpc) is 3.10. The number of benzene rings is 1. The van der Waals surface area contributed by atoms with Crippen molar-refractivity contribution in [1.82, 2.24) is 8.87 Å². The van der Waals surface area contributed by atoms with E-state index in [1.165, 1.54) is 22.7 Å². The molecule has 1 aromatic heterocycles. The number of carbonyl (C=O) groups excluding carboxylic acids is 1. The summed E-state index contributed by atoms with van der Waals surface area (Å²) in [7, 11) is -1.66. The van der Waals surface area contributed by atoms with Gasteiger partial charge in [-0.1, -0.05) is 26.8 Å². The van der Waals surface area contributed by atoms with Gasteiger partial charge in [-0.3, -0.25) is 4.79 Å². The molecule has 1 N–H and O–H groups in total. The number of alkyl halides is 3. The van der Waals surface area contributed by atoms with Crippen LogP contribution < -0.4 is 5.32 Å². The highest BCUT2D eigenvalue weighted by Crippen LogP contribution is 2.38. The molecule has 0 bridgehead atoms. The molecular formula is C25H34F3N3O3S. The second kappa shape index (κ2) is 9.61. The predicted molar refractivity (Wildman–Crippen MR) is 131 cm³/mol. The number of halogens is 3. The van der Waals surface area contributed by atoms with Crippen LogP contribution in [0.3, 0.4) is 0 Å². The lowest BCUT2D eigenvalue weighted by molar-refractivity contribution is -0.137. The molecular weight excluding hydrogens is 479 g/mol. The first-order chi connectivity index (χ1) is 16.0. The van der Waals surface area contributed by atoms with Crippen molar-refractivity contribution in [3.8, 4) is 0 Å². The Morgan fingerprint density at radius 3 is 2.20 bits per heavy atom. The summed E-state index contributed by atoms with van der Waals surface area (Å²) in [6.07, 6.45) is -0.344. The maximum absolute atomic E-state index is 13.1. The maximum Gasteiger partial charge on any atom is 0.416 e. The molecule has 1 aliphatic rings. The molecule has 0 aliphatic heterocycles. The van der Waals surface area contributed by atoms with Gasteiger partial charge in [-0.15, -0.1) is 0 Å². The lowest BCUT2D eigenvalue weighted by Crippen LogP contribution is -2.39. The molecule has 1 amide bonds. The normalized spacial score (nSPS) is 19.7. The summed E-state index contributed by atoms with van der Waals surface area (Å²) in [5.74, 6) is -0.462. The number of amides is 1. The van der Waals surface area contributed by atoms with E-state index in [2.05, 4.69) is 30.7 Å². The van der Waals surface area contributed by atoms with Crippen molar-refractivity contribution in [1.29, 1.82) is 0 Å². The molecule has 0 radical (unpaired) electrons. The van der Waals surface area contributed by atoms with Gasteiger partial charge in [0, 0.05) is 41.6 Å². The fourth-order valence-electron chi connectivity index (χ4n) is 4.82. The van der Waals surface area contributed by atoms with Crippen molar-refractivity contribution >= 4 is 21.6 Å². The molecule has 0 atom stereocenters. The lowest BCUT2D eigenvalue weighted by Gasteiger charge is -2.36. The van der Waals surface area contributed by atoms with Crippen LogP contribution in [0, 0.1) is 6.92 Å². The van der Waals surface area contributed by atoms with Crippen molar-refractivity contribution in [2.75, 3.05) is 18.6 Å². The fraction of sp³-hybridized carbons (Fsp3) is 0.560. The van der Waals surface area contributed by atoms with Crippen LogP contribution in [0.1, 0.15) is 79.8 Å². The first-order valence-corrected chi connectivity index (χ1v) is 13.5. The smallest absolute Gasteiger partial charge is 0.345 e. The Labute approximate surface area is 205 Å². The van der Waals surface area contributed by atoms with Crippen LogP contribution >= 0.6 is 0 Å². The summed E-state index contributed by atoms with van der Waals surface area (Å²) in [5.41, 5.74) is 1.11. The van der Waals surface area contributed by atoms with Gasteiger partial charge in [0.1, 0.15) is 0 Å². The fourth-order valence-corrected chi connectivity index (χ4v) is 5.57. The Morgan fingerprint density at radius 1 is 1.09 bits per heavy atom. The van der Waals surface area contributed by atoms with E-state index in [-0.39, 0.29) is 23.2 Å². The van der Waals surface area contributed by atoms with E-state index in [1.54, 1.807) is 7.05 Å². The third-order valence-electron chi connectivity index (χ3n) is 6.82. The number of carbonyl (C=O) groups is 1. The summed E-state index contributed by atoms with van der Waals surface area (Å²) in [4.78, 5) is 13.1. The molecule has 0 saturated heterocycles. The van der Waals surface area contributed by atoms with E-state index in [9.17, 15) is 26.4 Å². The quantitative estimate of drug-likeness (QED) is 0.554. The average molecular weight is 514 g/mol. The summed E-state index contributed by atoms with van der Waals surface area (Å²) in [5, 5.41) is 2.62. The standard InChI is InChI=1S/C25H34F3N3O3S/c1-16-21(23(32)29-18-9-7-8-17(14-18)25(26,27)28)15-22(24(2,3)4)31(16)20-12-10-19(11-13-20)30(5)35(6,33)34/h7-9,14-15,19-20H,10-13H2,1-6H3,(H,29,32). The SMILES string of the molecule is Cc1c(C(=O)Nc2cccc(C(F)(F)F)c2)cc(C(C)(C)C)n1C1CCC(N(C)S(C)(=O)=O)CC1. The number of hydrogen-bond acceptors (Lipinski definition) is 3. The summed E-state index contributed by atoms with van der Waals surface area (Å²) in [6, 6.07) is 6.46. The van der Waals surface area contributed by atoms with Crippen molar-refractivity contribution in [2.24, 2.45) is 0 Å². The Morgan fingerprint density at radius 2 is 1.69 bits per heavy atom. The zero-order valence-electron chi connectivity index (χ0n) is 21.0. The van der Waals surface area contributed by atoms with E-state index in [4.69, 9.17) is 0 Å². The molecule has 1 aromatic carbocycles. The number of hydrogen-bond donors (Lipinski definition) is 1. The van der Waals surface area contributed by atoms with Crippen molar-refractivity contribution in [2.45, 2.75) is 77.1 Å². The molecule has 1 heterocycles. The highest BCUT2D eigenvalue weighted by atomic mass is 32.2. The van der Waals surface area contributed by atoms with Crippen molar-refractivity contribution in [3.63, 3.8) is 0 Å². The number of anilines is 1. The van der Waals surface area contributed by atoms with Crippen LogP contribution in [0.5, 0.6) is 0 Å². The minimum atomic E-state index is -4.50. The van der Waals surface area contributed by atoms with Crippen molar-refractivity contribution in [3.05, 3.63) is 52.8 Å².